The zero-order chi connectivity index (χ0) is 20.3. The SMILES string of the molecule is CC(C)N1CCCN(C(=O)C2CCN(c3cc(F)c(C#N)cc3F)CC2)CC1.Cl. The Morgan fingerprint density at radius 1 is 1.07 bits per heavy atom. The molecule has 8 heteroatoms. The maximum absolute atomic E-state index is 14.3. The largest absolute Gasteiger partial charge is 0.369 e. The quantitative estimate of drug-likeness (QED) is 0.743. The summed E-state index contributed by atoms with van der Waals surface area (Å²) in [5, 5.41) is 8.82. The molecule has 0 spiro atoms. The molecule has 3 rings (SSSR count). The lowest BCUT2D eigenvalue weighted by atomic mass is 9.94. The van der Waals surface area contributed by atoms with Crippen molar-refractivity contribution in [3.8, 4) is 6.07 Å². The molecule has 0 aliphatic carbocycles. The molecule has 0 radical (unpaired) electrons. The first-order chi connectivity index (χ1) is 13.4. The third-order valence-corrected chi connectivity index (χ3v) is 5.91. The highest BCUT2D eigenvalue weighted by Crippen LogP contribution is 2.28. The molecule has 2 heterocycles. The molecule has 1 aromatic carbocycles. The van der Waals surface area contributed by atoms with E-state index >= 15 is 0 Å². The molecule has 0 atom stereocenters. The summed E-state index contributed by atoms with van der Waals surface area (Å²) in [7, 11) is 0. The van der Waals surface area contributed by atoms with Crippen LogP contribution in [0, 0.1) is 28.9 Å². The van der Waals surface area contributed by atoms with Crippen LogP contribution in [-0.2, 0) is 4.79 Å². The number of piperidine rings is 1. The van der Waals surface area contributed by atoms with Crippen LogP contribution in [0.15, 0.2) is 12.1 Å². The predicted octanol–water partition coefficient (Wildman–Crippen LogP) is 3.42. The molecule has 2 aliphatic rings. The summed E-state index contributed by atoms with van der Waals surface area (Å²) >= 11 is 0. The van der Waals surface area contributed by atoms with Gasteiger partial charge in [-0.25, -0.2) is 8.78 Å². The number of rotatable bonds is 3. The van der Waals surface area contributed by atoms with E-state index < -0.39 is 11.6 Å². The van der Waals surface area contributed by atoms with Crippen molar-refractivity contribution in [1.82, 2.24) is 9.80 Å². The first-order valence-electron chi connectivity index (χ1n) is 10.1. The minimum atomic E-state index is -0.712. The van der Waals surface area contributed by atoms with Crippen LogP contribution >= 0.6 is 12.4 Å². The fraction of sp³-hybridized carbons (Fsp3) is 0.619. The summed E-state index contributed by atoms with van der Waals surface area (Å²) in [5.74, 6) is -1.18. The molecule has 2 saturated heterocycles. The van der Waals surface area contributed by atoms with Gasteiger partial charge in [0.05, 0.1) is 11.3 Å². The number of anilines is 1. The first-order valence-corrected chi connectivity index (χ1v) is 10.1. The summed E-state index contributed by atoms with van der Waals surface area (Å²) in [6.07, 6.45) is 2.24. The third-order valence-electron chi connectivity index (χ3n) is 5.91. The highest BCUT2D eigenvalue weighted by molar-refractivity contribution is 5.85. The van der Waals surface area contributed by atoms with Crippen LogP contribution in [0.5, 0.6) is 0 Å². The van der Waals surface area contributed by atoms with Crippen molar-refractivity contribution in [1.29, 1.82) is 5.26 Å². The van der Waals surface area contributed by atoms with Crippen molar-refractivity contribution >= 4 is 24.0 Å². The van der Waals surface area contributed by atoms with Crippen LogP contribution in [-0.4, -0.2) is 61.0 Å². The maximum atomic E-state index is 14.3. The van der Waals surface area contributed by atoms with Crippen molar-refractivity contribution in [2.75, 3.05) is 44.2 Å². The Hall–Kier alpha value is -1.91. The van der Waals surface area contributed by atoms with Gasteiger partial charge in [-0.15, -0.1) is 12.4 Å². The Bertz CT molecular complexity index is 760. The van der Waals surface area contributed by atoms with Crippen LogP contribution in [0.4, 0.5) is 14.5 Å². The van der Waals surface area contributed by atoms with Gasteiger partial charge in [0.25, 0.3) is 0 Å². The summed E-state index contributed by atoms with van der Waals surface area (Å²) in [4.78, 5) is 19.1. The van der Waals surface area contributed by atoms with Crippen molar-refractivity contribution in [2.24, 2.45) is 5.92 Å². The highest BCUT2D eigenvalue weighted by atomic mass is 35.5. The Labute approximate surface area is 177 Å². The number of benzene rings is 1. The number of hydrogen-bond donors (Lipinski definition) is 0. The summed E-state index contributed by atoms with van der Waals surface area (Å²) in [5.41, 5.74) is -0.118. The zero-order valence-corrected chi connectivity index (χ0v) is 17.9. The molecule has 160 valence electrons. The molecule has 1 amide bonds. The van der Waals surface area contributed by atoms with Gasteiger partial charge in [0.2, 0.25) is 5.91 Å². The van der Waals surface area contributed by atoms with E-state index in [4.69, 9.17) is 5.26 Å². The molecule has 0 N–H and O–H groups in total. The smallest absolute Gasteiger partial charge is 0.225 e. The van der Waals surface area contributed by atoms with Crippen molar-refractivity contribution in [3.63, 3.8) is 0 Å². The molecule has 1 aromatic rings. The van der Waals surface area contributed by atoms with Gasteiger partial charge >= 0.3 is 0 Å². The van der Waals surface area contributed by atoms with E-state index in [-0.39, 0.29) is 35.5 Å². The molecule has 0 unspecified atom stereocenters. The number of halogens is 3. The van der Waals surface area contributed by atoms with Gasteiger partial charge in [-0.1, -0.05) is 0 Å². The summed E-state index contributed by atoms with van der Waals surface area (Å²) < 4.78 is 28.1. The number of carbonyl (C=O) groups is 1. The molecule has 29 heavy (non-hydrogen) atoms. The van der Waals surface area contributed by atoms with E-state index in [0.717, 1.165) is 44.7 Å². The van der Waals surface area contributed by atoms with Crippen LogP contribution < -0.4 is 4.90 Å². The van der Waals surface area contributed by atoms with Crippen molar-refractivity contribution in [2.45, 2.75) is 39.2 Å². The predicted molar refractivity (Wildman–Crippen MR) is 111 cm³/mol. The average molecular weight is 427 g/mol. The Balaban J connectivity index is 0.00000300. The lowest BCUT2D eigenvalue weighted by Gasteiger charge is -2.35. The summed E-state index contributed by atoms with van der Waals surface area (Å²) in [6.45, 7) is 8.83. The van der Waals surface area contributed by atoms with Crippen LogP contribution in [0.2, 0.25) is 0 Å². The molecule has 0 saturated carbocycles. The van der Waals surface area contributed by atoms with E-state index in [2.05, 4.69) is 18.7 Å². The van der Waals surface area contributed by atoms with Crippen LogP contribution in [0.3, 0.4) is 0 Å². The van der Waals surface area contributed by atoms with Crippen molar-refractivity contribution < 1.29 is 13.6 Å². The molecule has 0 aromatic heterocycles. The molecule has 2 aliphatic heterocycles. The molecule has 5 nitrogen and oxygen atoms in total. The number of nitrogens with zero attached hydrogens (tertiary/aromatic N) is 4. The second-order valence-corrected chi connectivity index (χ2v) is 7.97. The Kier molecular flexibility index (Phi) is 8.23. The van der Waals surface area contributed by atoms with E-state index in [9.17, 15) is 13.6 Å². The van der Waals surface area contributed by atoms with Gasteiger partial charge in [-0.2, -0.15) is 5.26 Å². The molecular formula is C21H29ClF2N4O. The minimum absolute atomic E-state index is 0. The number of carbonyl (C=O) groups excluding carboxylic acids is 1. The van der Waals surface area contributed by atoms with Gasteiger partial charge in [-0.3, -0.25) is 9.69 Å². The maximum Gasteiger partial charge on any atom is 0.225 e. The lowest BCUT2D eigenvalue weighted by molar-refractivity contribution is -0.136. The van der Waals surface area contributed by atoms with E-state index in [1.165, 1.54) is 0 Å². The van der Waals surface area contributed by atoms with E-state index in [1.807, 2.05) is 4.90 Å². The normalized spacial score (nSPS) is 18.9. The van der Waals surface area contributed by atoms with Gasteiger partial charge in [0.1, 0.15) is 17.7 Å². The monoisotopic (exact) mass is 426 g/mol. The van der Waals surface area contributed by atoms with Crippen LogP contribution in [0.25, 0.3) is 0 Å². The first kappa shape index (κ1) is 23.4. The second kappa shape index (κ2) is 10.2. The van der Waals surface area contributed by atoms with E-state index in [1.54, 1.807) is 11.0 Å². The van der Waals surface area contributed by atoms with Crippen LogP contribution in [0.1, 0.15) is 38.7 Å². The zero-order valence-electron chi connectivity index (χ0n) is 17.0. The van der Waals surface area contributed by atoms with E-state index in [0.29, 0.717) is 32.0 Å². The second-order valence-electron chi connectivity index (χ2n) is 7.97. The molecule has 2 fully saturated rings. The standard InChI is InChI=1S/C21H28F2N4O.ClH/c1-15(2)25-6-3-7-27(11-10-25)21(28)16-4-8-26(9-5-16)20-13-18(22)17(14-24)12-19(20)23;/h12-13,15-16H,3-11H2,1-2H3;1H. The number of amides is 1. The number of hydrogen-bond acceptors (Lipinski definition) is 4. The van der Waals surface area contributed by atoms with Gasteiger partial charge in [-0.05, 0) is 39.2 Å². The Morgan fingerprint density at radius 2 is 1.76 bits per heavy atom. The van der Waals surface area contributed by atoms with Gasteiger partial charge < -0.3 is 9.80 Å². The molecular weight excluding hydrogens is 398 g/mol. The summed E-state index contributed by atoms with van der Waals surface area (Å²) in [6, 6.07) is 4.17. The fourth-order valence-corrected chi connectivity index (χ4v) is 4.16. The van der Waals surface area contributed by atoms with Crippen molar-refractivity contribution in [3.05, 3.63) is 29.3 Å². The Morgan fingerprint density at radius 3 is 2.38 bits per heavy atom. The van der Waals surface area contributed by atoms with Gasteiger partial charge in [0, 0.05) is 57.3 Å². The fourth-order valence-electron chi connectivity index (χ4n) is 4.16. The van der Waals surface area contributed by atoms with Gasteiger partial charge in [0.15, 0.2) is 0 Å². The highest BCUT2D eigenvalue weighted by Gasteiger charge is 2.31. The average Bonchev–Trinajstić information content (AvgIpc) is 2.95. The number of nitriles is 1. The molecule has 0 bridgehead atoms. The minimum Gasteiger partial charge on any atom is -0.369 e. The topological polar surface area (TPSA) is 50.6 Å². The lowest BCUT2D eigenvalue weighted by Crippen LogP contribution is -2.44. The third kappa shape index (κ3) is 5.37.